The second-order valence-corrected chi connectivity index (χ2v) is 4.53. The number of nitrogens with zero attached hydrogens (tertiary/aromatic N) is 5. The highest BCUT2D eigenvalue weighted by atomic mass is 35.5. The van der Waals surface area contributed by atoms with E-state index in [1.54, 1.807) is 23.3 Å². The van der Waals surface area contributed by atoms with Crippen molar-refractivity contribution in [3.05, 3.63) is 35.6 Å². The van der Waals surface area contributed by atoms with Gasteiger partial charge in [0, 0.05) is 19.4 Å². The quantitative estimate of drug-likeness (QED) is 0.679. The van der Waals surface area contributed by atoms with Crippen molar-refractivity contribution in [1.82, 2.24) is 24.3 Å². The number of rotatable bonds is 2. The number of hydrogen-bond acceptors (Lipinski definition) is 3. The van der Waals surface area contributed by atoms with Crippen LogP contribution in [0.5, 0.6) is 0 Å². The molecule has 0 atom stereocenters. The number of halogens is 2. The molecule has 3 rings (SSSR count). The monoisotopic (exact) mass is 281 g/mol. The Balaban J connectivity index is 2.38. The number of aromatic nitrogens is 5. The first kappa shape index (κ1) is 11.5. The van der Waals surface area contributed by atoms with E-state index in [1.807, 2.05) is 17.8 Å². The van der Waals surface area contributed by atoms with E-state index < -0.39 is 0 Å². The summed E-state index contributed by atoms with van der Waals surface area (Å²) in [5, 5.41) is 4.69. The number of hydrogen-bond donors (Lipinski definition) is 0. The summed E-state index contributed by atoms with van der Waals surface area (Å²) in [5.74, 6) is 1.01. The summed E-state index contributed by atoms with van der Waals surface area (Å²) >= 11 is 12.1. The number of alkyl halides is 1. The van der Waals surface area contributed by atoms with E-state index in [9.17, 15) is 0 Å². The number of aryl methyl sites for hydroxylation is 1. The molecule has 0 amide bonds. The Kier molecular flexibility index (Phi) is 2.72. The van der Waals surface area contributed by atoms with E-state index in [-0.39, 0.29) is 0 Å². The molecule has 0 aliphatic carbocycles. The molecule has 0 aromatic carbocycles. The van der Waals surface area contributed by atoms with Gasteiger partial charge in [-0.25, -0.2) is 4.98 Å². The van der Waals surface area contributed by atoms with Gasteiger partial charge in [0.1, 0.15) is 11.3 Å². The summed E-state index contributed by atoms with van der Waals surface area (Å²) in [7, 11) is 1.85. The fourth-order valence-electron chi connectivity index (χ4n) is 1.93. The molecule has 0 spiro atoms. The maximum Gasteiger partial charge on any atom is 0.129 e. The van der Waals surface area contributed by atoms with Crippen molar-refractivity contribution in [2.24, 2.45) is 7.05 Å². The molecule has 3 aromatic heterocycles. The lowest BCUT2D eigenvalue weighted by Gasteiger charge is -2.04. The fraction of sp³-hybridized carbons (Fsp3) is 0.182. The van der Waals surface area contributed by atoms with Crippen LogP contribution in [0, 0.1) is 0 Å². The lowest BCUT2D eigenvalue weighted by Crippen LogP contribution is -1.98. The third-order valence-electron chi connectivity index (χ3n) is 2.65. The maximum atomic E-state index is 6.20. The first-order chi connectivity index (χ1) is 8.70. The molecule has 0 fully saturated rings. The molecule has 18 heavy (non-hydrogen) atoms. The second-order valence-electron chi connectivity index (χ2n) is 3.86. The van der Waals surface area contributed by atoms with Gasteiger partial charge in [-0.05, 0) is 0 Å². The van der Waals surface area contributed by atoms with E-state index in [4.69, 9.17) is 23.2 Å². The van der Waals surface area contributed by atoms with E-state index in [2.05, 4.69) is 15.1 Å². The average molecular weight is 282 g/mol. The van der Waals surface area contributed by atoms with Crippen LogP contribution in [-0.4, -0.2) is 24.3 Å². The highest BCUT2D eigenvalue weighted by Gasteiger charge is 2.15. The van der Waals surface area contributed by atoms with Gasteiger partial charge < -0.3 is 0 Å². The van der Waals surface area contributed by atoms with Gasteiger partial charge in [0.15, 0.2) is 0 Å². The molecular weight excluding hydrogens is 273 g/mol. The molecule has 0 bridgehead atoms. The Morgan fingerprint density at radius 3 is 2.78 bits per heavy atom. The minimum absolute atomic E-state index is 0.292. The van der Waals surface area contributed by atoms with Crippen LogP contribution in [0.2, 0.25) is 5.02 Å². The van der Waals surface area contributed by atoms with E-state index in [1.165, 1.54) is 0 Å². The van der Waals surface area contributed by atoms with Crippen molar-refractivity contribution in [2.75, 3.05) is 0 Å². The molecule has 0 unspecified atom stereocenters. The molecule has 0 N–H and O–H groups in total. The van der Waals surface area contributed by atoms with Crippen molar-refractivity contribution in [3.8, 4) is 5.69 Å². The van der Waals surface area contributed by atoms with Crippen molar-refractivity contribution in [3.63, 3.8) is 0 Å². The molecule has 0 saturated carbocycles. The zero-order valence-electron chi connectivity index (χ0n) is 9.51. The summed E-state index contributed by atoms with van der Waals surface area (Å²) in [5.41, 5.74) is 2.40. The van der Waals surface area contributed by atoms with Crippen LogP contribution in [0.1, 0.15) is 5.82 Å². The van der Waals surface area contributed by atoms with Crippen molar-refractivity contribution in [1.29, 1.82) is 0 Å². The molecule has 5 nitrogen and oxygen atoms in total. The number of pyridine rings is 1. The third-order valence-corrected chi connectivity index (χ3v) is 3.17. The largest absolute Gasteiger partial charge is 0.290 e. The SMILES string of the molecule is Cn1cc(-n2c(CCl)nc3cncc(Cl)c32)cn1. The highest BCUT2D eigenvalue weighted by Crippen LogP contribution is 2.27. The fourth-order valence-corrected chi connectivity index (χ4v) is 2.35. The van der Waals surface area contributed by atoms with Gasteiger partial charge in [-0.3, -0.25) is 14.2 Å². The van der Waals surface area contributed by atoms with Crippen LogP contribution in [0.15, 0.2) is 24.8 Å². The Bertz CT molecular complexity index is 715. The van der Waals surface area contributed by atoms with Crippen LogP contribution in [0.25, 0.3) is 16.7 Å². The van der Waals surface area contributed by atoms with E-state index in [0.29, 0.717) is 10.9 Å². The first-order valence-corrected chi connectivity index (χ1v) is 6.18. The standard InChI is InChI=1S/C11H9Cl2N5/c1-17-6-7(3-15-17)18-10(2-12)16-9-5-14-4-8(13)11(9)18/h3-6H,2H2,1H3. The maximum absolute atomic E-state index is 6.20. The predicted octanol–water partition coefficient (Wildman–Crippen LogP) is 2.55. The summed E-state index contributed by atoms with van der Waals surface area (Å²) < 4.78 is 3.62. The summed E-state index contributed by atoms with van der Waals surface area (Å²) in [6, 6.07) is 0. The summed E-state index contributed by atoms with van der Waals surface area (Å²) in [6.45, 7) is 0. The van der Waals surface area contributed by atoms with Gasteiger partial charge in [-0.15, -0.1) is 11.6 Å². The van der Waals surface area contributed by atoms with E-state index in [0.717, 1.165) is 22.5 Å². The van der Waals surface area contributed by atoms with Gasteiger partial charge >= 0.3 is 0 Å². The van der Waals surface area contributed by atoms with Crippen LogP contribution in [-0.2, 0) is 12.9 Å². The molecular formula is C11H9Cl2N5. The zero-order valence-corrected chi connectivity index (χ0v) is 11.0. The smallest absolute Gasteiger partial charge is 0.129 e. The van der Waals surface area contributed by atoms with E-state index >= 15 is 0 Å². The molecule has 0 saturated heterocycles. The highest BCUT2D eigenvalue weighted by molar-refractivity contribution is 6.34. The molecule has 3 aromatic rings. The molecule has 7 heteroatoms. The minimum Gasteiger partial charge on any atom is -0.290 e. The van der Waals surface area contributed by atoms with Gasteiger partial charge in [-0.1, -0.05) is 11.6 Å². The molecule has 0 aliphatic heterocycles. The molecule has 3 heterocycles. The summed E-state index contributed by atoms with van der Waals surface area (Å²) in [6.07, 6.45) is 6.89. The third kappa shape index (κ3) is 1.67. The first-order valence-electron chi connectivity index (χ1n) is 5.26. The van der Waals surface area contributed by atoms with Crippen LogP contribution in [0.4, 0.5) is 0 Å². The molecule has 0 aliphatic rings. The minimum atomic E-state index is 0.292. The van der Waals surface area contributed by atoms with Gasteiger partial charge in [0.05, 0.1) is 34.5 Å². The normalized spacial score (nSPS) is 11.3. The van der Waals surface area contributed by atoms with Crippen LogP contribution >= 0.6 is 23.2 Å². The topological polar surface area (TPSA) is 48.5 Å². The van der Waals surface area contributed by atoms with Crippen LogP contribution in [0.3, 0.4) is 0 Å². The van der Waals surface area contributed by atoms with Crippen molar-refractivity contribution in [2.45, 2.75) is 5.88 Å². The number of imidazole rings is 1. The van der Waals surface area contributed by atoms with Crippen molar-refractivity contribution < 1.29 is 0 Å². The van der Waals surface area contributed by atoms with Gasteiger partial charge in [0.25, 0.3) is 0 Å². The zero-order chi connectivity index (χ0) is 12.7. The van der Waals surface area contributed by atoms with Crippen molar-refractivity contribution >= 4 is 34.2 Å². The Hall–Kier alpha value is -1.59. The summed E-state index contributed by atoms with van der Waals surface area (Å²) in [4.78, 5) is 8.45. The molecule has 0 radical (unpaired) electrons. The lowest BCUT2D eigenvalue weighted by molar-refractivity contribution is 0.767. The van der Waals surface area contributed by atoms with Gasteiger partial charge in [-0.2, -0.15) is 5.10 Å². The van der Waals surface area contributed by atoms with Gasteiger partial charge in [0.2, 0.25) is 0 Å². The lowest BCUT2D eigenvalue weighted by atomic mass is 10.4. The Morgan fingerprint density at radius 1 is 1.28 bits per heavy atom. The Labute approximate surface area is 113 Å². The average Bonchev–Trinajstić information content (AvgIpc) is 2.92. The number of fused-ring (bicyclic) bond motifs is 1. The molecule has 92 valence electrons. The Morgan fingerprint density at radius 2 is 2.11 bits per heavy atom. The predicted molar refractivity (Wildman–Crippen MR) is 70.2 cm³/mol. The second kappa shape index (κ2) is 4.26. The van der Waals surface area contributed by atoms with Crippen LogP contribution < -0.4 is 0 Å².